The number of aromatic nitrogens is 3. The summed E-state index contributed by atoms with van der Waals surface area (Å²) in [7, 11) is -1.97. The van der Waals surface area contributed by atoms with Crippen LogP contribution in [0.2, 0.25) is 0 Å². The molecule has 1 aromatic carbocycles. The van der Waals surface area contributed by atoms with Gasteiger partial charge in [-0.1, -0.05) is 6.07 Å². The highest BCUT2D eigenvalue weighted by atomic mass is 32.2. The fourth-order valence-corrected chi connectivity index (χ4v) is 6.16. The molecule has 0 unspecified atom stereocenters. The number of alkyl halides is 6. The summed E-state index contributed by atoms with van der Waals surface area (Å²) in [4.78, 5) is 27.3. The smallest absolute Gasteiger partial charge is 0.474 e. The quantitative estimate of drug-likeness (QED) is 0.328. The van der Waals surface area contributed by atoms with Crippen LogP contribution in [-0.4, -0.2) is 55.5 Å². The van der Waals surface area contributed by atoms with E-state index in [1.807, 2.05) is 0 Å². The van der Waals surface area contributed by atoms with Gasteiger partial charge in [-0.25, -0.2) is 9.19 Å². The molecule has 0 saturated carbocycles. The molecule has 8 nitrogen and oxygen atoms in total. The highest BCUT2D eigenvalue weighted by Crippen LogP contribution is 2.32. The zero-order valence-corrected chi connectivity index (χ0v) is 20.5. The molecule has 2 aromatic heterocycles. The predicted octanol–water partition coefficient (Wildman–Crippen LogP) is 4.78. The third-order valence-corrected chi connectivity index (χ3v) is 8.25. The van der Waals surface area contributed by atoms with Crippen LogP contribution in [0.4, 0.5) is 26.3 Å². The molecule has 1 fully saturated rings. The maximum absolute atomic E-state index is 13.0. The number of carbonyl (C=O) groups is 2. The molecule has 204 valence electrons. The van der Waals surface area contributed by atoms with E-state index < -0.39 is 39.5 Å². The van der Waals surface area contributed by atoms with E-state index in [1.165, 1.54) is 13.2 Å². The normalized spacial score (nSPS) is 20.3. The first kappa shape index (κ1) is 27.5. The first-order chi connectivity index (χ1) is 17.7. The minimum atomic E-state index is -5.18. The highest BCUT2D eigenvalue weighted by molar-refractivity contribution is 7.93. The summed E-state index contributed by atoms with van der Waals surface area (Å²) in [5, 5.41) is 5.03. The zero-order valence-electron chi connectivity index (χ0n) is 19.7. The number of pyridine rings is 1. The highest BCUT2D eigenvalue weighted by Gasteiger charge is 2.40. The lowest BCUT2D eigenvalue weighted by atomic mass is 10.0. The summed E-state index contributed by atoms with van der Waals surface area (Å²) in [6, 6.07) is 5.89. The van der Waals surface area contributed by atoms with Crippen LogP contribution in [0.25, 0.3) is 10.9 Å². The fraction of sp³-hybridized carbons (Fsp3) is 0.391. The molecule has 1 aliphatic rings. The second-order valence-corrected chi connectivity index (χ2v) is 11.2. The number of nitrogens with zero attached hydrogens (tertiary/aromatic N) is 4. The van der Waals surface area contributed by atoms with Crippen LogP contribution in [0.5, 0.6) is 5.75 Å². The van der Waals surface area contributed by atoms with Gasteiger partial charge in [-0.05, 0) is 31.0 Å². The number of ketones is 1. The Balaban J connectivity index is 1.55. The van der Waals surface area contributed by atoms with Crippen molar-refractivity contribution in [2.24, 2.45) is 4.36 Å². The van der Waals surface area contributed by atoms with E-state index in [1.54, 1.807) is 23.0 Å². The number of hydrogen-bond acceptors (Lipinski definition) is 6. The van der Waals surface area contributed by atoms with E-state index in [0.29, 0.717) is 16.5 Å². The molecule has 1 amide bonds. The van der Waals surface area contributed by atoms with E-state index in [4.69, 9.17) is 4.74 Å². The Hall–Kier alpha value is -3.49. The van der Waals surface area contributed by atoms with E-state index in [0.717, 1.165) is 12.1 Å². The zero-order chi connectivity index (χ0) is 27.9. The van der Waals surface area contributed by atoms with E-state index in [2.05, 4.69) is 14.4 Å². The first-order valence-corrected chi connectivity index (χ1v) is 13.0. The molecular formula is C23H20F6N4O4S. The standard InChI is InChI=1S/C23H20F6N4O4S/c1-37-19-11-17-14(9-13(19)10-18(34)16-3-2-4-20(30-16)22(24,25)26)12-33(31-17)15-5-7-38(36,8-6-15)32-21(35)23(27,28)29/h2-4,9,11-12,15H,5-8,10H2,1H3. The van der Waals surface area contributed by atoms with Gasteiger partial charge in [0.15, 0.2) is 5.78 Å². The van der Waals surface area contributed by atoms with E-state index >= 15 is 0 Å². The van der Waals surface area contributed by atoms with Gasteiger partial charge in [-0.15, -0.1) is 0 Å². The maximum atomic E-state index is 13.0. The van der Waals surface area contributed by atoms with Crippen LogP contribution in [0.1, 0.15) is 40.6 Å². The Morgan fingerprint density at radius 3 is 2.42 bits per heavy atom. The molecule has 0 radical (unpaired) electrons. The molecule has 0 atom stereocenters. The average molecular weight is 562 g/mol. The fourth-order valence-electron chi connectivity index (χ4n) is 4.09. The van der Waals surface area contributed by atoms with Crippen molar-refractivity contribution in [3.63, 3.8) is 0 Å². The van der Waals surface area contributed by atoms with Gasteiger partial charge >= 0.3 is 18.3 Å². The average Bonchev–Trinajstić information content (AvgIpc) is 3.25. The molecule has 3 heterocycles. The molecule has 1 aliphatic heterocycles. The van der Waals surface area contributed by atoms with Crippen LogP contribution in [0.3, 0.4) is 0 Å². The van der Waals surface area contributed by atoms with Gasteiger partial charge < -0.3 is 4.74 Å². The summed E-state index contributed by atoms with van der Waals surface area (Å²) in [5.74, 6) is -3.15. The van der Waals surface area contributed by atoms with Gasteiger partial charge in [-0.2, -0.15) is 35.8 Å². The minimum absolute atomic E-state index is 0.172. The van der Waals surface area contributed by atoms with Crippen LogP contribution >= 0.6 is 0 Å². The van der Waals surface area contributed by atoms with Gasteiger partial charge in [0.05, 0.1) is 28.4 Å². The van der Waals surface area contributed by atoms with Gasteiger partial charge in [0.25, 0.3) is 0 Å². The lowest BCUT2D eigenvalue weighted by molar-refractivity contribution is -0.169. The number of Topliss-reactive ketones (excluding diaryl/α,β-unsaturated/α-hetero) is 1. The molecule has 15 heteroatoms. The van der Waals surface area contributed by atoms with Gasteiger partial charge in [-0.3, -0.25) is 14.3 Å². The predicted molar refractivity (Wildman–Crippen MR) is 123 cm³/mol. The van der Waals surface area contributed by atoms with E-state index in [9.17, 15) is 40.1 Å². The topological polar surface area (TPSA) is 104 Å². The number of hydrogen-bond donors (Lipinski definition) is 0. The lowest BCUT2D eigenvalue weighted by Gasteiger charge is -2.24. The van der Waals surface area contributed by atoms with Crippen LogP contribution in [0, 0.1) is 0 Å². The second-order valence-electron chi connectivity index (χ2n) is 8.64. The molecule has 0 spiro atoms. The van der Waals surface area contributed by atoms with Crippen molar-refractivity contribution in [1.29, 1.82) is 0 Å². The summed E-state index contributed by atoms with van der Waals surface area (Å²) in [5.41, 5.74) is -0.671. The number of amides is 1. The molecule has 0 aliphatic carbocycles. The summed E-state index contributed by atoms with van der Waals surface area (Å²) in [6.45, 7) is 0. The van der Waals surface area contributed by atoms with Crippen molar-refractivity contribution >= 4 is 32.3 Å². The Kier molecular flexibility index (Phi) is 7.25. The number of rotatable bonds is 5. The molecule has 1 saturated heterocycles. The third-order valence-electron chi connectivity index (χ3n) is 6.01. The van der Waals surface area contributed by atoms with Crippen molar-refractivity contribution in [3.8, 4) is 5.75 Å². The SMILES string of the molecule is COc1cc2nn(C3CCS(=O)(=NC(=O)C(F)(F)F)CC3)cc2cc1CC(=O)c1cccc(C(F)(F)F)n1. The van der Waals surface area contributed by atoms with Crippen molar-refractivity contribution < 1.29 is 44.9 Å². The Bertz CT molecular complexity index is 1510. The van der Waals surface area contributed by atoms with Crippen molar-refractivity contribution in [2.75, 3.05) is 18.6 Å². The Morgan fingerprint density at radius 1 is 1.13 bits per heavy atom. The third kappa shape index (κ3) is 5.97. The van der Waals surface area contributed by atoms with Crippen molar-refractivity contribution in [3.05, 3.63) is 53.5 Å². The lowest BCUT2D eigenvalue weighted by Crippen LogP contribution is -2.29. The van der Waals surface area contributed by atoms with E-state index in [-0.39, 0.29) is 48.3 Å². The number of ether oxygens (including phenoxy) is 1. The minimum Gasteiger partial charge on any atom is -0.496 e. The monoisotopic (exact) mass is 562 g/mol. The molecular weight excluding hydrogens is 542 g/mol. The summed E-state index contributed by atoms with van der Waals surface area (Å²) < 4.78 is 98.9. The van der Waals surface area contributed by atoms with Crippen molar-refractivity contribution in [2.45, 2.75) is 37.7 Å². The second kappa shape index (κ2) is 10.0. The van der Waals surface area contributed by atoms with Gasteiger partial charge in [0, 0.05) is 41.1 Å². The number of methoxy groups -OCH3 is 1. The van der Waals surface area contributed by atoms with Crippen molar-refractivity contribution in [1.82, 2.24) is 14.8 Å². The molecule has 38 heavy (non-hydrogen) atoms. The number of fused-ring (bicyclic) bond motifs is 1. The summed E-state index contributed by atoms with van der Waals surface area (Å²) >= 11 is 0. The number of carbonyl (C=O) groups excluding carboxylic acids is 2. The van der Waals surface area contributed by atoms with Gasteiger partial charge in [0.1, 0.15) is 17.1 Å². The molecule has 0 N–H and O–H groups in total. The number of halogens is 6. The Morgan fingerprint density at radius 2 is 1.82 bits per heavy atom. The summed E-state index contributed by atoms with van der Waals surface area (Å²) in [6.07, 6.45) is -8.19. The van der Waals surface area contributed by atoms with Crippen LogP contribution < -0.4 is 4.74 Å². The van der Waals surface area contributed by atoms with Crippen LogP contribution in [-0.2, 0) is 27.1 Å². The molecule has 4 rings (SSSR count). The maximum Gasteiger partial charge on any atom is 0.474 e. The van der Waals surface area contributed by atoms with Gasteiger partial charge in [0.2, 0.25) is 0 Å². The first-order valence-electron chi connectivity index (χ1n) is 11.2. The molecule has 0 bridgehead atoms. The Labute approximate surface area is 212 Å². The largest absolute Gasteiger partial charge is 0.496 e. The molecule has 3 aromatic rings. The van der Waals surface area contributed by atoms with Crippen LogP contribution in [0.15, 0.2) is 40.9 Å². The number of benzene rings is 1.